The van der Waals surface area contributed by atoms with E-state index in [1.54, 1.807) is 48.5 Å². The Morgan fingerprint density at radius 1 is 1.00 bits per heavy atom. The van der Waals surface area contributed by atoms with Gasteiger partial charge in [-0.25, -0.2) is 4.79 Å². The summed E-state index contributed by atoms with van der Waals surface area (Å²) < 4.78 is 10.6. The monoisotopic (exact) mass is 375 g/mol. The molecule has 1 amide bonds. The molecule has 1 N–H and O–H groups in total. The van der Waals surface area contributed by atoms with Crippen molar-refractivity contribution in [3.05, 3.63) is 59.1 Å². The van der Waals surface area contributed by atoms with Gasteiger partial charge in [0, 0.05) is 17.1 Å². The lowest BCUT2D eigenvalue weighted by Crippen LogP contribution is -2.13. The van der Waals surface area contributed by atoms with Crippen molar-refractivity contribution in [2.24, 2.45) is 0 Å². The number of hydrogen-bond acceptors (Lipinski definition) is 4. The van der Waals surface area contributed by atoms with Crippen LogP contribution in [0.1, 0.15) is 36.5 Å². The van der Waals surface area contributed by atoms with E-state index in [-0.39, 0.29) is 11.9 Å². The van der Waals surface area contributed by atoms with Gasteiger partial charge in [-0.3, -0.25) is 4.79 Å². The predicted octanol–water partition coefficient (Wildman–Crippen LogP) is 4.70. The first-order valence-electron chi connectivity index (χ1n) is 8.54. The number of amides is 1. The molecule has 0 aliphatic carbocycles. The first kappa shape index (κ1) is 19.8. The smallest absolute Gasteiger partial charge is 0.338 e. The minimum Gasteiger partial charge on any atom is -0.494 e. The average molecular weight is 376 g/mol. The van der Waals surface area contributed by atoms with Gasteiger partial charge < -0.3 is 14.8 Å². The quantitative estimate of drug-likeness (QED) is 0.509. The Balaban J connectivity index is 1.70. The molecular formula is C20H22ClNO4. The van der Waals surface area contributed by atoms with Crippen LogP contribution in [0.2, 0.25) is 5.02 Å². The first-order valence-corrected chi connectivity index (χ1v) is 8.91. The summed E-state index contributed by atoms with van der Waals surface area (Å²) in [7, 11) is 0. The van der Waals surface area contributed by atoms with Crippen LogP contribution < -0.4 is 10.1 Å². The zero-order valence-corrected chi connectivity index (χ0v) is 15.4. The van der Waals surface area contributed by atoms with Gasteiger partial charge in [-0.05, 0) is 61.4 Å². The van der Waals surface area contributed by atoms with Gasteiger partial charge >= 0.3 is 5.97 Å². The van der Waals surface area contributed by atoms with E-state index in [4.69, 9.17) is 21.1 Å². The highest BCUT2D eigenvalue weighted by atomic mass is 35.5. The highest BCUT2D eigenvalue weighted by molar-refractivity contribution is 6.30. The molecule has 0 atom stereocenters. The topological polar surface area (TPSA) is 64.6 Å². The van der Waals surface area contributed by atoms with Crippen LogP contribution in [0.25, 0.3) is 0 Å². The van der Waals surface area contributed by atoms with E-state index in [0.717, 1.165) is 12.2 Å². The second-order valence-electron chi connectivity index (χ2n) is 5.67. The Morgan fingerprint density at radius 3 is 2.35 bits per heavy atom. The van der Waals surface area contributed by atoms with Gasteiger partial charge in [-0.15, -0.1) is 0 Å². The average Bonchev–Trinajstić information content (AvgIpc) is 2.65. The maximum Gasteiger partial charge on any atom is 0.338 e. The van der Waals surface area contributed by atoms with E-state index in [1.807, 2.05) is 6.92 Å². The van der Waals surface area contributed by atoms with Gasteiger partial charge in [0.15, 0.2) is 0 Å². The molecule has 2 aromatic carbocycles. The molecule has 0 spiro atoms. The van der Waals surface area contributed by atoms with Gasteiger partial charge in [0.05, 0.1) is 18.8 Å². The van der Waals surface area contributed by atoms with Gasteiger partial charge in [0.25, 0.3) is 0 Å². The van der Waals surface area contributed by atoms with Crippen LogP contribution in [0.15, 0.2) is 48.5 Å². The molecule has 5 nitrogen and oxygen atoms in total. The third-order valence-electron chi connectivity index (χ3n) is 3.47. The van der Waals surface area contributed by atoms with Crippen LogP contribution in [-0.2, 0) is 9.53 Å². The van der Waals surface area contributed by atoms with Gasteiger partial charge in [-0.2, -0.15) is 0 Å². The maximum atomic E-state index is 12.0. The highest BCUT2D eigenvalue weighted by Crippen LogP contribution is 2.16. The van der Waals surface area contributed by atoms with E-state index in [0.29, 0.717) is 42.3 Å². The lowest BCUT2D eigenvalue weighted by Gasteiger charge is -2.08. The second-order valence-corrected chi connectivity index (χ2v) is 6.10. The third kappa shape index (κ3) is 6.76. The fraction of sp³-hybridized carbons (Fsp3) is 0.300. The number of rotatable bonds is 9. The van der Waals surface area contributed by atoms with Crippen LogP contribution in [0.4, 0.5) is 5.69 Å². The zero-order chi connectivity index (χ0) is 18.8. The van der Waals surface area contributed by atoms with Crippen molar-refractivity contribution in [1.82, 2.24) is 0 Å². The summed E-state index contributed by atoms with van der Waals surface area (Å²) in [6.07, 6.45) is 1.71. The summed E-state index contributed by atoms with van der Waals surface area (Å²) in [6, 6.07) is 13.7. The van der Waals surface area contributed by atoms with E-state index >= 15 is 0 Å². The molecule has 0 fully saturated rings. The van der Waals surface area contributed by atoms with E-state index < -0.39 is 0 Å². The van der Waals surface area contributed by atoms with E-state index in [1.165, 1.54) is 0 Å². The zero-order valence-electron chi connectivity index (χ0n) is 14.7. The molecule has 0 bridgehead atoms. The lowest BCUT2D eigenvalue weighted by atomic mass is 10.2. The molecule has 6 heteroatoms. The van der Waals surface area contributed by atoms with Gasteiger partial charge in [-0.1, -0.05) is 18.5 Å². The molecule has 0 saturated heterocycles. The highest BCUT2D eigenvalue weighted by Gasteiger charge is 2.07. The number of halogens is 1. The van der Waals surface area contributed by atoms with E-state index in [2.05, 4.69) is 5.32 Å². The third-order valence-corrected chi connectivity index (χ3v) is 3.72. The summed E-state index contributed by atoms with van der Waals surface area (Å²) in [6.45, 7) is 2.78. The first-order chi connectivity index (χ1) is 12.6. The SMILES string of the molecule is CCCOC(=O)c1ccc(NC(=O)CCCOc2ccc(Cl)cc2)cc1. The number of esters is 1. The number of anilines is 1. The number of carbonyl (C=O) groups excluding carboxylic acids is 2. The van der Waals surface area contributed by atoms with Crippen molar-refractivity contribution >= 4 is 29.2 Å². The van der Waals surface area contributed by atoms with Crippen LogP contribution in [0.5, 0.6) is 5.75 Å². The molecule has 2 aromatic rings. The molecule has 0 aliphatic heterocycles. The summed E-state index contributed by atoms with van der Waals surface area (Å²) in [4.78, 5) is 23.7. The fourth-order valence-corrected chi connectivity index (χ4v) is 2.27. The van der Waals surface area contributed by atoms with Crippen molar-refractivity contribution in [3.63, 3.8) is 0 Å². The molecule has 26 heavy (non-hydrogen) atoms. The number of ether oxygens (including phenoxy) is 2. The molecule has 0 saturated carbocycles. The summed E-state index contributed by atoms with van der Waals surface area (Å²) in [5.74, 6) is 0.260. The van der Waals surface area contributed by atoms with Crippen molar-refractivity contribution in [2.75, 3.05) is 18.5 Å². The van der Waals surface area contributed by atoms with Crippen molar-refractivity contribution in [3.8, 4) is 5.75 Å². The molecule has 138 valence electrons. The molecule has 0 heterocycles. The van der Waals surface area contributed by atoms with Crippen LogP contribution in [-0.4, -0.2) is 25.1 Å². The van der Waals surface area contributed by atoms with Crippen LogP contribution >= 0.6 is 11.6 Å². The molecular weight excluding hydrogens is 354 g/mol. The number of carbonyl (C=O) groups is 2. The fourth-order valence-electron chi connectivity index (χ4n) is 2.14. The Bertz CT molecular complexity index is 714. The number of nitrogens with one attached hydrogen (secondary N) is 1. The summed E-state index contributed by atoms with van der Waals surface area (Å²) >= 11 is 5.81. The molecule has 0 aliphatic rings. The largest absolute Gasteiger partial charge is 0.494 e. The minimum atomic E-state index is -0.357. The number of hydrogen-bond donors (Lipinski definition) is 1. The molecule has 0 unspecified atom stereocenters. The van der Waals surface area contributed by atoms with Crippen molar-refractivity contribution < 1.29 is 19.1 Å². The Hall–Kier alpha value is -2.53. The Labute approximate surface area is 158 Å². The minimum absolute atomic E-state index is 0.106. The Morgan fingerprint density at radius 2 is 1.69 bits per heavy atom. The second kappa shape index (κ2) is 10.5. The molecule has 0 radical (unpaired) electrons. The normalized spacial score (nSPS) is 10.2. The van der Waals surface area contributed by atoms with Crippen molar-refractivity contribution in [1.29, 1.82) is 0 Å². The summed E-state index contributed by atoms with van der Waals surface area (Å²) in [5, 5.41) is 3.45. The van der Waals surface area contributed by atoms with Gasteiger partial charge in [0.2, 0.25) is 5.91 Å². The molecule has 0 aromatic heterocycles. The predicted molar refractivity (Wildman–Crippen MR) is 102 cm³/mol. The molecule has 2 rings (SSSR count). The summed E-state index contributed by atoms with van der Waals surface area (Å²) in [5.41, 5.74) is 1.11. The van der Waals surface area contributed by atoms with Crippen LogP contribution in [0.3, 0.4) is 0 Å². The lowest BCUT2D eigenvalue weighted by molar-refractivity contribution is -0.116. The van der Waals surface area contributed by atoms with Crippen molar-refractivity contribution in [2.45, 2.75) is 26.2 Å². The maximum absolute atomic E-state index is 12.0. The Kier molecular flexibility index (Phi) is 7.96. The number of benzene rings is 2. The van der Waals surface area contributed by atoms with Crippen LogP contribution in [0, 0.1) is 0 Å². The standard InChI is InChI=1S/C20H22ClNO4/c1-2-13-26-20(24)15-5-9-17(10-6-15)22-19(23)4-3-14-25-18-11-7-16(21)8-12-18/h5-12H,2-4,13-14H2,1H3,(H,22,23). The van der Waals surface area contributed by atoms with Gasteiger partial charge in [0.1, 0.15) is 5.75 Å². The van der Waals surface area contributed by atoms with E-state index in [9.17, 15) is 9.59 Å².